The van der Waals surface area contributed by atoms with Gasteiger partial charge >= 0.3 is 5.97 Å². The second kappa shape index (κ2) is 11.3. The van der Waals surface area contributed by atoms with E-state index in [1.807, 2.05) is 0 Å². The number of aryl methyl sites for hydroxylation is 1. The third-order valence-electron chi connectivity index (χ3n) is 3.61. The van der Waals surface area contributed by atoms with Gasteiger partial charge in [0.25, 0.3) is 0 Å². The molecule has 0 bridgehead atoms. The molecule has 0 aliphatic heterocycles. The lowest BCUT2D eigenvalue weighted by atomic mass is 10.1. The Kier molecular flexibility index (Phi) is 9.31. The van der Waals surface area contributed by atoms with Gasteiger partial charge in [-0.15, -0.1) is 6.58 Å². The maximum absolute atomic E-state index is 11.3. The number of hydrogen-bond acceptors (Lipinski definition) is 4. The lowest BCUT2D eigenvalue weighted by Gasteiger charge is -2.18. The number of carboxylic acid groups (broad SMARTS) is 1. The van der Waals surface area contributed by atoms with Crippen LogP contribution in [0.5, 0.6) is 0 Å². The van der Waals surface area contributed by atoms with Crippen molar-refractivity contribution < 1.29 is 9.90 Å². The number of unbranched alkanes of at least 4 members (excludes halogenated alkanes) is 1. The van der Waals surface area contributed by atoms with E-state index in [4.69, 9.17) is 0 Å². The van der Waals surface area contributed by atoms with Gasteiger partial charge in [-0.1, -0.05) is 42.5 Å². The Bertz CT molecular complexity index is 543. The number of carbonyl (C=O) groups is 1. The highest BCUT2D eigenvalue weighted by Crippen LogP contribution is 2.05. The summed E-state index contributed by atoms with van der Waals surface area (Å²) in [6, 6.07) is 7.79. The van der Waals surface area contributed by atoms with Crippen molar-refractivity contribution in [2.24, 2.45) is 0 Å². The Morgan fingerprint density at radius 1 is 1.38 bits per heavy atom. The molecule has 0 aliphatic carbocycles. The molecule has 0 amide bonds. The summed E-state index contributed by atoms with van der Waals surface area (Å²) < 4.78 is 0. The molecular weight excluding hydrogens is 302 g/mol. The van der Waals surface area contributed by atoms with E-state index in [0.29, 0.717) is 18.8 Å². The monoisotopic (exact) mass is 331 g/mol. The van der Waals surface area contributed by atoms with Crippen LogP contribution in [0.1, 0.15) is 30.4 Å². The summed E-state index contributed by atoms with van der Waals surface area (Å²) in [6.45, 7) is 11.7. The average Bonchev–Trinajstić information content (AvgIpc) is 2.54. The van der Waals surface area contributed by atoms with Gasteiger partial charge in [0.2, 0.25) is 0 Å². The molecule has 1 atom stereocenters. The standard InChI is InChI=1S/C19H29N3O2/c1-4-11-21-16(3)22-18(19(23)24)10-5-6-12-20-14-17-9-7-8-15(2)13-17/h4,7-9,13,18,20-22H,1,3,5-6,10-12,14H2,2H3,(H,23,24). The van der Waals surface area contributed by atoms with E-state index < -0.39 is 12.0 Å². The summed E-state index contributed by atoms with van der Waals surface area (Å²) in [6.07, 6.45) is 4.03. The van der Waals surface area contributed by atoms with Crippen LogP contribution in [-0.4, -0.2) is 30.2 Å². The van der Waals surface area contributed by atoms with Crippen molar-refractivity contribution in [1.29, 1.82) is 0 Å². The van der Waals surface area contributed by atoms with E-state index >= 15 is 0 Å². The average molecular weight is 331 g/mol. The smallest absolute Gasteiger partial charge is 0.326 e. The van der Waals surface area contributed by atoms with Crippen LogP contribution in [0, 0.1) is 6.92 Å². The fourth-order valence-electron chi connectivity index (χ4n) is 2.37. The van der Waals surface area contributed by atoms with E-state index in [1.54, 1.807) is 6.08 Å². The normalized spacial score (nSPS) is 11.5. The zero-order valence-electron chi connectivity index (χ0n) is 14.5. The fourth-order valence-corrected chi connectivity index (χ4v) is 2.37. The summed E-state index contributed by atoms with van der Waals surface area (Å²) in [7, 11) is 0. The van der Waals surface area contributed by atoms with Crippen LogP contribution in [0.2, 0.25) is 0 Å². The zero-order chi connectivity index (χ0) is 17.8. The van der Waals surface area contributed by atoms with E-state index in [2.05, 4.69) is 60.3 Å². The highest BCUT2D eigenvalue weighted by Gasteiger charge is 2.16. The molecule has 0 saturated carbocycles. The Morgan fingerprint density at radius 2 is 2.17 bits per heavy atom. The predicted molar refractivity (Wildman–Crippen MR) is 98.6 cm³/mol. The van der Waals surface area contributed by atoms with Crippen molar-refractivity contribution in [2.45, 2.75) is 38.8 Å². The van der Waals surface area contributed by atoms with Crippen molar-refractivity contribution in [3.8, 4) is 0 Å². The second-order valence-electron chi connectivity index (χ2n) is 5.84. The quantitative estimate of drug-likeness (QED) is 0.330. The molecule has 0 heterocycles. The van der Waals surface area contributed by atoms with Gasteiger partial charge in [0.1, 0.15) is 6.04 Å². The summed E-state index contributed by atoms with van der Waals surface area (Å²) in [5.41, 5.74) is 2.53. The summed E-state index contributed by atoms with van der Waals surface area (Å²) in [4.78, 5) is 11.3. The molecule has 24 heavy (non-hydrogen) atoms. The Hall–Kier alpha value is -2.27. The van der Waals surface area contributed by atoms with E-state index in [0.717, 1.165) is 25.9 Å². The van der Waals surface area contributed by atoms with Crippen LogP contribution in [0.15, 0.2) is 49.3 Å². The molecule has 0 aromatic heterocycles. The summed E-state index contributed by atoms with van der Waals surface area (Å²) in [5, 5.41) is 18.5. The highest BCUT2D eigenvalue weighted by atomic mass is 16.4. The van der Waals surface area contributed by atoms with Crippen LogP contribution in [-0.2, 0) is 11.3 Å². The topological polar surface area (TPSA) is 73.4 Å². The maximum Gasteiger partial charge on any atom is 0.326 e. The van der Waals surface area contributed by atoms with Gasteiger partial charge in [-0.25, -0.2) is 4.79 Å². The first kappa shape index (κ1) is 19.8. The number of aliphatic carboxylic acids is 1. The minimum absolute atomic E-state index is 0.514. The van der Waals surface area contributed by atoms with Crippen molar-refractivity contribution in [1.82, 2.24) is 16.0 Å². The molecule has 132 valence electrons. The molecule has 0 fully saturated rings. The Labute approximate surface area is 144 Å². The maximum atomic E-state index is 11.3. The number of nitrogens with one attached hydrogen (secondary N) is 3. The van der Waals surface area contributed by atoms with Crippen molar-refractivity contribution >= 4 is 5.97 Å². The largest absolute Gasteiger partial charge is 0.480 e. The molecule has 1 aromatic carbocycles. The van der Waals surface area contributed by atoms with Gasteiger partial charge in [-0.2, -0.15) is 0 Å². The molecule has 1 aromatic rings. The molecule has 0 aliphatic rings. The number of rotatable bonds is 13. The van der Waals surface area contributed by atoms with Crippen molar-refractivity contribution in [3.05, 3.63) is 60.4 Å². The van der Waals surface area contributed by atoms with Gasteiger partial charge in [0.05, 0.1) is 5.82 Å². The second-order valence-corrected chi connectivity index (χ2v) is 5.84. The van der Waals surface area contributed by atoms with Crippen molar-refractivity contribution in [2.75, 3.05) is 13.1 Å². The molecule has 1 unspecified atom stereocenters. The molecule has 0 radical (unpaired) electrons. The van der Waals surface area contributed by atoms with Crippen molar-refractivity contribution in [3.63, 3.8) is 0 Å². The molecule has 0 saturated heterocycles. The SMILES string of the molecule is C=CCNC(=C)NC(CCCCNCc1cccc(C)c1)C(=O)O. The number of hydrogen-bond donors (Lipinski definition) is 4. The van der Waals surface area contributed by atoms with Gasteiger partial charge in [-0.3, -0.25) is 0 Å². The minimum atomic E-state index is -0.857. The number of benzene rings is 1. The van der Waals surface area contributed by atoms with Gasteiger partial charge in [0, 0.05) is 13.1 Å². The minimum Gasteiger partial charge on any atom is -0.480 e. The lowest BCUT2D eigenvalue weighted by Crippen LogP contribution is -2.40. The van der Waals surface area contributed by atoms with E-state index in [-0.39, 0.29) is 0 Å². The van der Waals surface area contributed by atoms with Crippen LogP contribution in [0.25, 0.3) is 0 Å². The van der Waals surface area contributed by atoms with Crippen LogP contribution < -0.4 is 16.0 Å². The molecule has 5 nitrogen and oxygen atoms in total. The third kappa shape index (κ3) is 8.39. The van der Waals surface area contributed by atoms with Gasteiger partial charge < -0.3 is 21.1 Å². The van der Waals surface area contributed by atoms with Crippen LogP contribution in [0.4, 0.5) is 0 Å². The molecular formula is C19H29N3O2. The van der Waals surface area contributed by atoms with E-state index in [9.17, 15) is 9.90 Å². The fraction of sp³-hybridized carbons (Fsp3) is 0.421. The molecule has 1 rings (SSSR count). The first-order valence-electron chi connectivity index (χ1n) is 8.32. The molecule has 5 heteroatoms. The highest BCUT2D eigenvalue weighted by molar-refractivity contribution is 5.73. The van der Waals surface area contributed by atoms with Crippen LogP contribution in [0.3, 0.4) is 0 Å². The first-order valence-corrected chi connectivity index (χ1v) is 8.32. The Balaban J connectivity index is 2.19. The Morgan fingerprint density at radius 3 is 2.83 bits per heavy atom. The third-order valence-corrected chi connectivity index (χ3v) is 3.61. The zero-order valence-corrected chi connectivity index (χ0v) is 14.5. The summed E-state index contributed by atoms with van der Waals surface area (Å²) in [5.74, 6) is -0.343. The van der Waals surface area contributed by atoms with Crippen LogP contribution >= 0.6 is 0 Å². The van der Waals surface area contributed by atoms with Gasteiger partial charge in [0.15, 0.2) is 0 Å². The summed E-state index contributed by atoms with van der Waals surface area (Å²) >= 11 is 0. The molecule has 0 spiro atoms. The predicted octanol–water partition coefficient (Wildman–Crippen LogP) is 2.54. The first-order chi connectivity index (χ1) is 11.5. The molecule has 4 N–H and O–H groups in total. The van der Waals surface area contributed by atoms with Gasteiger partial charge in [-0.05, 0) is 38.3 Å². The number of carboxylic acids is 1. The van der Waals surface area contributed by atoms with E-state index in [1.165, 1.54) is 11.1 Å². The lowest BCUT2D eigenvalue weighted by molar-refractivity contribution is -0.139.